The smallest absolute Gasteiger partial charge is 0.346 e. The summed E-state index contributed by atoms with van der Waals surface area (Å²) in [5.41, 5.74) is 0.835. The van der Waals surface area contributed by atoms with Gasteiger partial charge in [0.05, 0.1) is 12.7 Å². The molecule has 0 saturated heterocycles. The van der Waals surface area contributed by atoms with Crippen LogP contribution in [0.1, 0.15) is 47.8 Å². The van der Waals surface area contributed by atoms with E-state index in [0.717, 1.165) is 34.4 Å². The Labute approximate surface area is 128 Å². The Morgan fingerprint density at radius 1 is 1.29 bits per heavy atom. The summed E-state index contributed by atoms with van der Waals surface area (Å²) in [5, 5.41) is 10.4. The number of carbonyl (C=O) groups is 1. The van der Waals surface area contributed by atoms with Gasteiger partial charge in [0.2, 0.25) is 0 Å². The molecule has 0 amide bonds. The van der Waals surface area contributed by atoms with Gasteiger partial charge in [-0.15, -0.1) is 11.3 Å². The molecule has 4 heteroatoms. The minimum Gasteiger partial charge on any atom is -0.477 e. The van der Waals surface area contributed by atoms with Crippen molar-refractivity contribution in [2.45, 2.75) is 45.3 Å². The predicted octanol–water partition coefficient (Wildman–Crippen LogP) is 4.69. The Balaban J connectivity index is 1.79. The molecule has 21 heavy (non-hydrogen) atoms. The molecule has 1 aliphatic rings. The van der Waals surface area contributed by atoms with E-state index in [4.69, 9.17) is 4.74 Å². The molecule has 0 aliphatic heterocycles. The number of benzene rings is 1. The molecule has 1 fully saturated rings. The topological polar surface area (TPSA) is 46.5 Å². The third kappa shape index (κ3) is 3.11. The SMILES string of the molecule is CC1CCC(OCc2c(C(=O)O)sc3ccccc23)CC1. The molecule has 0 unspecified atom stereocenters. The van der Waals surface area contributed by atoms with E-state index in [1.165, 1.54) is 24.2 Å². The lowest BCUT2D eigenvalue weighted by Gasteiger charge is -2.26. The average Bonchev–Trinajstić information content (AvgIpc) is 2.86. The average molecular weight is 304 g/mol. The molecule has 3 rings (SSSR count). The molecule has 1 N–H and O–H groups in total. The largest absolute Gasteiger partial charge is 0.477 e. The molecule has 1 heterocycles. The van der Waals surface area contributed by atoms with Gasteiger partial charge in [-0.2, -0.15) is 0 Å². The van der Waals surface area contributed by atoms with Crippen LogP contribution in [0, 0.1) is 5.92 Å². The van der Waals surface area contributed by atoms with Crippen LogP contribution in [0.3, 0.4) is 0 Å². The highest BCUT2D eigenvalue weighted by atomic mass is 32.1. The number of carboxylic acid groups (broad SMARTS) is 1. The Hall–Kier alpha value is -1.39. The highest BCUT2D eigenvalue weighted by Gasteiger charge is 2.22. The number of hydrogen-bond donors (Lipinski definition) is 1. The molecule has 1 aliphatic carbocycles. The summed E-state index contributed by atoms with van der Waals surface area (Å²) in [7, 11) is 0. The van der Waals surface area contributed by atoms with Crippen molar-refractivity contribution in [2.24, 2.45) is 5.92 Å². The third-order valence-electron chi connectivity index (χ3n) is 4.32. The summed E-state index contributed by atoms with van der Waals surface area (Å²) in [6, 6.07) is 7.85. The number of ether oxygens (including phenoxy) is 1. The van der Waals surface area contributed by atoms with Crippen molar-refractivity contribution in [1.29, 1.82) is 0 Å². The number of fused-ring (bicyclic) bond motifs is 1. The van der Waals surface area contributed by atoms with E-state index in [9.17, 15) is 9.90 Å². The zero-order valence-electron chi connectivity index (χ0n) is 12.2. The first-order chi connectivity index (χ1) is 10.1. The van der Waals surface area contributed by atoms with Crippen molar-refractivity contribution in [3.63, 3.8) is 0 Å². The maximum Gasteiger partial charge on any atom is 0.346 e. The van der Waals surface area contributed by atoms with Crippen LogP contribution in [0.25, 0.3) is 10.1 Å². The van der Waals surface area contributed by atoms with Crippen molar-refractivity contribution in [3.8, 4) is 0 Å². The quantitative estimate of drug-likeness (QED) is 0.891. The standard InChI is InChI=1S/C17H20O3S/c1-11-6-8-12(9-7-11)20-10-14-13-4-2-3-5-15(13)21-16(14)17(18)19/h2-5,11-12H,6-10H2,1H3,(H,18,19). The number of hydrogen-bond acceptors (Lipinski definition) is 3. The van der Waals surface area contributed by atoms with Gasteiger partial charge in [-0.05, 0) is 43.1 Å². The number of rotatable bonds is 4. The van der Waals surface area contributed by atoms with Crippen molar-refractivity contribution in [3.05, 3.63) is 34.7 Å². The zero-order chi connectivity index (χ0) is 14.8. The van der Waals surface area contributed by atoms with Gasteiger partial charge >= 0.3 is 5.97 Å². The molecule has 0 bridgehead atoms. The highest BCUT2D eigenvalue weighted by molar-refractivity contribution is 7.21. The molecule has 3 nitrogen and oxygen atoms in total. The van der Waals surface area contributed by atoms with E-state index in [1.807, 2.05) is 24.3 Å². The first kappa shape index (κ1) is 14.5. The molecular weight excluding hydrogens is 284 g/mol. The monoisotopic (exact) mass is 304 g/mol. The molecule has 2 aromatic rings. The number of thiophene rings is 1. The van der Waals surface area contributed by atoms with Crippen LogP contribution >= 0.6 is 11.3 Å². The van der Waals surface area contributed by atoms with Crippen molar-refractivity contribution in [2.75, 3.05) is 0 Å². The number of aromatic carboxylic acids is 1. The van der Waals surface area contributed by atoms with Gasteiger partial charge in [0.15, 0.2) is 0 Å². The lowest BCUT2D eigenvalue weighted by molar-refractivity contribution is 0.00890. The fraction of sp³-hybridized carbons (Fsp3) is 0.471. The van der Waals surface area contributed by atoms with Gasteiger partial charge in [-0.25, -0.2) is 4.79 Å². The maximum absolute atomic E-state index is 11.4. The summed E-state index contributed by atoms with van der Waals surface area (Å²) in [6.45, 7) is 2.69. The first-order valence-electron chi connectivity index (χ1n) is 7.50. The fourth-order valence-electron chi connectivity index (χ4n) is 3.01. The van der Waals surface area contributed by atoms with Crippen LogP contribution in [0.5, 0.6) is 0 Å². The molecule has 1 saturated carbocycles. The van der Waals surface area contributed by atoms with Crippen molar-refractivity contribution in [1.82, 2.24) is 0 Å². The fourth-order valence-corrected chi connectivity index (χ4v) is 4.06. The minimum atomic E-state index is -0.855. The van der Waals surface area contributed by atoms with Gasteiger partial charge in [-0.1, -0.05) is 25.1 Å². The van der Waals surface area contributed by atoms with Crippen LogP contribution in [0.2, 0.25) is 0 Å². The minimum absolute atomic E-state index is 0.279. The van der Waals surface area contributed by atoms with Crippen LogP contribution in [-0.2, 0) is 11.3 Å². The summed E-state index contributed by atoms with van der Waals surface area (Å²) >= 11 is 1.34. The molecule has 0 atom stereocenters. The second-order valence-electron chi connectivity index (χ2n) is 5.90. The molecule has 1 aromatic heterocycles. The second-order valence-corrected chi connectivity index (χ2v) is 6.96. The first-order valence-corrected chi connectivity index (χ1v) is 8.32. The van der Waals surface area contributed by atoms with Crippen LogP contribution in [0.15, 0.2) is 24.3 Å². The van der Waals surface area contributed by atoms with Gasteiger partial charge in [0.1, 0.15) is 4.88 Å². The summed E-state index contributed by atoms with van der Waals surface area (Å²) in [4.78, 5) is 11.9. The van der Waals surface area contributed by atoms with E-state index >= 15 is 0 Å². The Morgan fingerprint density at radius 3 is 2.71 bits per heavy atom. The van der Waals surface area contributed by atoms with E-state index in [1.54, 1.807) is 0 Å². The third-order valence-corrected chi connectivity index (χ3v) is 5.52. The van der Waals surface area contributed by atoms with E-state index in [0.29, 0.717) is 11.5 Å². The highest BCUT2D eigenvalue weighted by Crippen LogP contribution is 2.33. The molecular formula is C17H20O3S. The van der Waals surface area contributed by atoms with Crippen molar-refractivity contribution < 1.29 is 14.6 Å². The Morgan fingerprint density at radius 2 is 2.00 bits per heavy atom. The Bertz CT molecular complexity index is 639. The van der Waals surface area contributed by atoms with Crippen LogP contribution in [-0.4, -0.2) is 17.2 Å². The normalized spacial score (nSPS) is 22.5. The lowest BCUT2D eigenvalue weighted by Crippen LogP contribution is -2.20. The second kappa shape index (κ2) is 6.16. The zero-order valence-corrected chi connectivity index (χ0v) is 13.0. The summed E-state index contributed by atoms with van der Waals surface area (Å²) in [6.07, 6.45) is 4.88. The van der Waals surface area contributed by atoms with E-state index in [-0.39, 0.29) is 6.10 Å². The molecule has 112 valence electrons. The van der Waals surface area contributed by atoms with E-state index < -0.39 is 5.97 Å². The molecule has 0 radical (unpaired) electrons. The van der Waals surface area contributed by atoms with Crippen LogP contribution in [0.4, 0.5) is 0 Å². The summed E-state index contributed by atoms with van der Waals surface area (Å²) in [5.74, 6) is -0.0616. The van der Waals surface area contributed by atoms with Gasteiger partial charge < -0.3 is 9.84 Å². The maximum atomic E-state index is 11.4. The number of carboxylic acids is 1. The molecule has 1 aromatic carbocycles. The van der Waals surface area contributed by atoms with Gasteiger partial charge in [-0.3, -0.25) is 0 Å². The molecule has 0 spiro atoms. The van der Waals surface area contributed by atoms with Gasteiger partial charge in [0, 0.05) is 10.3 Å². The van der Waals surface area contributed by atoms with Crippen LogP contribution < -0.4 is 0 Å². The Kier molecular flexibility index (Phi) is 4.27. The van der Waals surface area contributed by atoms with Gasteiger partial charge in [0.25, 0.3) is 0 Å². The van der Waals surface area contributed by atoms with E-state index in [2.05, 4.69) is 6.92 Å². The van der Waals surface area contributed by atoms with Crippen molar-refractivity contribution >= 4 is 27.4 Å². The summed E-state index contributed by atoms with van der Waals surface area (Å²) < 4.78 is 7.04. The lowest BCUT2D eigenvalue weighted by atomic mass is 9.89. The predicted molar refractivity (Wildman–Crippen MR) is 85.0 cm³/mol.